The molecule has 68 valence electrons. The van der Waals surface area contributed by atoms with Gasteiger partial charge in [0.1, 0.15) is 0 Å². The van der Waals surface area contributed by atoms with Gasteiger partial charge in [-0.25, -0.2) is 0 Å². The zero-order valence-electron chi connectivity index (χ0n) is 7.86. The van der Waals surface area contributed by atoms with E-state index in [1.54, 1.807) is 6.08 Å². The minimum absolute atomic E-state index is 1.15. The summed E-state index contributed by atoms with van der Waals surface area (Å²) < 4.78 is 0. The Morgan fingerprint density at radius 2 is 2.08 bits per heavy atom. The Bertz CT molecular complexity index is 340. The largest absolute Gasteiger partial charge is 0.411 e. The van der Waals surface area contributed by atoms with E-state index in [4.69, 9.17) is 5.21 Å². The van der Waals surface area contributed by atoms with Crippen molar-refractivity contribution >= 4 is 12.3 Å². The van der Waals surface area contributed by atoms with Crippen LogP contribution < -0.4 is 0 Å². The van der Waals surface area contributed by atoms with Crippen molar-refractivity contribution in [3.05, 3.63) is 41.0 Å². The Morgan fingerprint density at radius 3 is 2.77 bits per heavy atom. The maximum atomic E-state index is 8.19. The molecule has 0 aliphatic rings. The van der Waals surface area contributed by atoms with Crippen molar-refractivity contribution < 1.29 is 5.21 Å². The molecule has 1 aromatic rings. The van der Waals surface area contributed by atoms with Gasteiger partial charge in [0.05, 0.1) is 6.21 Å². The van der Waals surface area contributed by atoms with E-state index < -0.39 is 0 Å². The molecule has 0 aliphatic carbocycles. The van der Waals surface area contributed by atoms with Gasteiger partial charge in [0.2, 0.25) is 0 Å². The number of aryl methyl sites for hydroxylation is 2. The summed E-state index contributed by atoms with van der Waals surface area (Å²) in [4.78, 5) is 0. The number of hydrogen-bond donors (Lipinski definition) is 1. The molecule has 1 N–H and O–H groups in total. The van der Waals surface area contributed by atoms with E-state index in [0.29, 0.717) is 0 Å². The third-order valence-corrected chi connectivity index (χ3v) is 1.86. The minimum atomic E-state index is 1.15. The Hall–Kier alpha value is -1.57. The van der Waals surface area contributed by atoms with Gasteiger partial charge in [-0.2, -0.15) is 0 Å². The van der Waals surface area contributed by atoms with Gasteiger partial charge in [-0.3, -0.25) is 0 Å². The molecule has 0 radical (unpaired) electrons. The fourth-order valence-electron chi connectivity index (χ4n) is 1.12. The summed E-state index contributed by atoms with van der Waals surface area (Å²) in [6.07, 6.45) is 4.98. The maximum Gasteiger partial charge on any atom is 0.0661 e. The monoisotopic (exact) mass is 175 g/mol. The zero-order chi connectivity index (χ0) is 9.68. The van der Waals surface area contributed by atoms with Crippen LogP contribution >= 0.6 is 0 Å². The van der Waals surface area contributed by atoms with Gasteiger partial charge >= 0.3 is 0 Å². The van der Waals surface area contributed by atoms with Crippen LogP contribution in [0, 0.1) is 13.8 Å². The Kier molecular flexibility index (Phi) is 3.26. The van der Waals surface area contributed by atoms with E-state index in [-0.39, 0.29) is 0 Å². The molecule has 1 aromatic carbocycles. The highest BCUT2D eigenvalue weighted by Gasteiger charge is 1.92. The highest BCUT2D eigenvalue weighted by molar-refractivity contribution is 5.78. The van der Waals surface area contributed by atoms with Crippen LogP contribution in [0.15, 0.2) is 29.4 Å². The lowest BCUT2D eigenvalue weighted by molar-refractivity contribution is 0.322. The summed E-state index contributed by atoms with van der Waals surface area (Å²) in [5, 5.41) is 11.1. The third kappa shape index (κ3) is 2.75. The molecule has 0 fully saturated rings. The van der Waals surface area contributed by atoms with Crippen LogP contribution in [0.2, 0.25) is 0 Å². The molecular weight excluding hydrogens is 162 g/mol. The molecule has 2 heteroatoms. The van der Waals surface area contributed by atoms with Crippen molar-refractivity contribution in [2.45, 2.75) is 13.8 Å². The second-order valence-corrected chi connectivity index (χ2v) is 2.98. The quantitative estimate of drug-likeness (QED) is 0.418. The molecule has 0 heterocycles. The summed E-state index contributed by atoms with van der Waals surface area (Å²) in [5.41, 5.74) is 3.60. The predicted molar refractivity (Wildman–Crippen MR) is 55.2 cm³/mol. The normalized spacial score (nSPS) is 11.5. The van der Waals surface area contributed by atoms with Crippen molar-refractivity contribution in [2.75, 3.05) is 0 Å². The highest BCUT2D eigenvalue weighted by atomic mass is 16.4. The molecule has 0 spiro atoms. The molecule has 1 rings (SSSR count). The third-order valence-electron chi connectivity index (χ3n) is 1.86. The molecule has 0 aromatic heterocycles. The predicted octanol–water partition coefficient (Wildman–Crippen LogP) is 2.78. The molecule has 13 heavy (non-hydrogen) atoms. The van der Waals surface area contributed by atoms with Gasteiger partial charge in [0.15, 0.2) is 0 Å². The topological polar surface area (TPSA) is 32.6 Å². The maximum absolute atomic E-state index is 8.19. The molecular formula is C11H13NO. The van der Waals surface area contributed by atoms with E-state index in [0.717, 1.165) is 5.56 Å². The summed E-state index contributed by atoms with van der Waals surface area (Å²) in [6.45, 7) is 4.10. The summed E-state index contributed by atoms with van der Waals surface area (Å²) in [5.74, 6) is 0. The van der Waals surface area contributed by atoms with Gasteiger partial charge in [-0.1, -0.05) is 35.0 Å². The standard InChI is InChI=1S/C11H13NO/c1-9-5-6-10(2)11(8-9)4-3-7-12-13/h3-8,13H,1-2H3/b4-3-,12-7+. The van der Waals surface area contributed by atoms with Crippen molar-refractivity contribution in [2.24, 2.45) is 5.16 Å². The molecule has 0 saturated heterocycles. The van der Waals surface area contributed by atoms with Crippen LogP contribution in [-0.2, 0) is 0 Å². The Labute approximate surface area is 78.2 Å². The Morgan fingerprint density at radius 1 is 1.31 bits per heavy atom. The number of hydrogen-bond acceptors (Lipinski definition) is 2. The highest BCUT2D eigenvalue weighted by Crippen LogP contribution is 2.11. The van der Waals surface area contributed by atoms with E-state index in [1.165, 1.54) is 17.3 Å². The lowest BCUT2D eigenvalue weighted by atomic mass is 10.1. The molecule has 0 aliphatic heterocycles. The van der Waals surface area contributed by atoms with Crippen LogP contribution in [0.25, 0.3) is 6.08 Å². The second kappa shape index (κ2) is 4.45. The second-order valence-electron chi connectivity index (χ2n) is 2.98. The molecule has 0 unspecified atom stereocenters. The van der Waals surface area contributed by atoms with Crippen LogP contribution in [0.3, 0.4) is 0 Å². The fraction of sp³-hybridized carbons (Fsp3) is 0.182. The van der Waals surface area contributed by atoms with Crippen molar-refractivity contribution in [1.82, 2.24) is 0 Å². The first kappa shape index (κ1) is 9.52. The van der Waals surface area contributed by atoms with Gasteiger partial charge in [-0.15, -0.1) is 0 Å². The van der Waals surface area contributed by atoms with Crippen LogP contribution in [0.5, 0.6) is 0 Å². The number of benzene rings is 1. The number of oxime groups is 1. The van der Waals surface area contributed by atoms with E-state index >= 15 is 0 Å². The molecule has 2 nitrogen and oxygen atoms in total. The fourth-order valence-corrected chi connectivity index (χ4v) is 1.12. The van der Waals surface area contributed by atoms with Gasteiger partial charge < -0.3 is 5.21 Å². The lowest BCUT2D eigenvalue weighted by Crippen LogP contribution is -1.81. The SMILES string of the molecule is Cc1ccc(C)c(/C=C\C=N\O)c1. The van der Waals surface area contributed by atoms with Crippen molar-refractivity contribution in [3.63, 3.8) is 0 Å². The van der Waals surface area contributed by atoms with Gasteiger partial charge in [0.25, 0.3) is 0 Å². The first-order chi connectivity index (χ1) is 6.24. The number of allylic oxidation sites excluding steroid dienone is 1. The molecule has 0 atom stereocenters. The molecule has 0 amide bonds. The number of nitrogens with zero attached hydrogens (tertiary/aromatic N) is 1. The summed E-state index contributed by atoms with van der Waals surface area (Å²) >= 11 is 0. The van der Waals surface area contributed by atoms with Gasteiger partial charge in [-0.05, 0) is 31.1 Å². The van der Waals surface area contributed by atoms with Gasteiger partial charge in [0, 0.05) is 0 Å². The van der Waals surface area contributed by atoms with Crippen LogP contribution in [-0.4, -0.2) is 11.4 Å². The van der Waals surface area contributed by atoms with Crippen molar-refractivity contribution in [3.8, 4) is 0 Å². The van der Waals surface area contributed by atoms with Crippen LogP contribution in [0.1, 0.15) is 16.7 Å². The number of rotatable bonds is 2. The first-order valence-electron chi connectivity index (χ1n) is 4.15. The lowest BCUT2D eigenvalue weighted by Gasteiger charge is -2.00. The average Bonchev–Trinajstić information content (AvgIpc) is 2.11. The smallest absolute Gasteiger partial charge is 0.0661 e. The van der Waals surface area contributed by atoms with E-state index in [2.05, 4.69) is 37.2 Å². The Balaban J connectivity index is 2.93. The van der Waals surface area contributed by atoms with E-state index in [9.17, 15) is 0 Å². The molecule has 0 saturated carbocycles. The zero-order valence-corrected chi connectivity index (χ0v) is 7.86. The van der Waals surface area contributed by atoms with Crippen LogP contribution in [0.4, 0.5) is 0 Å². The van der Waals surface area contributed by atoms with Crippen molar-refractivity contribution in [1.29, 1.82) is 0 Å². The summed E-state index contributed by atoms with van der Waals surface area (Å²) in [7, 11) is 0. The molecule has 0 bridgehead atoms. The average molecular weight is 175 g/mol. The minimum Gasteiger partial charge on any atom is -0.411 e. The summed E-state index contributed by atoms with van der Waals surface area (Å²) in [6, 6.07) is 6.24. The van der Waals surface area contributed by atoms with E-state index in [1.807, 2.05) is 6.08 Å². The first-order valence-corrected chi connectivity index (χ1v) is 4.15.